The molecule has 0 radical (unpaired) electrons. The molecule has 1 aromatic heterocycles. The molecule has 4 unspecified atom stereocenters. The average molecular weight is 453 g/mol. The van der Waals surface area contributed by atoms with Crippen molar-refractivity contribution in [2.24, 2.45) is 0 Å². The van der Waals surface area contributed by atoms with Gasteiger partial charge in [-0.2, -0.15) is 0 Å². The number of rotatable bonds is 0. The number of ether oxygens (including phenoxy) is 1. The highest BCUT2D eigenvalue weighted by Crippen LogP contribution is 2.68. The molecular weight excluding hydrogens is 432 g/mol. The van der Waals surface area contributed by atoms with Crippen LogP contribution < -0.4 is 4.74 Å². The summed E-state index contributed by atoms with van der Waals surface area (Å²) in [5.41, 5.74) is 3.99. The zero-order valence-electron chi connectivity index (χ0n) is 16.0. The van der Waals surface area contributed by atoms with Crippen molar-refractivity contribution in [3.63, 3.8) is 0 Å². The standard InChI is InChI=1S/C23H21BrN2O3/c1-26-8-7-22-17-11-5-6-15(27)20(17)29-21(22)19-13(10-23(22,28)16(26)9-11)12-3-2-4-14(24)18(12)25-19/h2-6,16,21,25,27-28H,7-10H2,1H3. The van der Waals surface area contributed by atoms with Gasteiger partial charge >= 0.3 is 0 Å². The zero-order valence-corrected chi connectivity index (χ0v) is 17.6. The van der Waals surface area contributed by atoms with E-state index >= 15 is 0 Å². The van der Waals surface area contributed by atoms with Crippen molar-refractivity contribution < 1.29 is 14.9 Å². The first kappa shape index (κ1) is 16.7. The summed E-state index contributed by atoms with van der Waals surface area (Å²) in [6, 6.07) is 9.97. The van der Waals surface area contributed by atoms with Gasteiger partial charge in [0, 0.05) is 27.9 Å². The normalized spacial score (nSPS) is 34.0. The molecule has 6 heteroatoms. The quantitative estimate of drug-likeness (QED) is 0.487. The third-order valence-electron chi connectivity index (χ3n) is 8.11. The summed E-state index contributed by atoms with van der Waals surface area (Å²) in [7, 11) is 2.12. The van der Waals surface area contributed by atoms with E-state index in [9.17, 15) is 10.2 Å². The number of benzene rings is 2. The molecule has 148 valence electrons. The van der Waals surface area contributed by atoms with E-state index in [1.807, 2.05) is 18.2 Å². The number of likely N-dealkylation sites (N-methyl/N-ethyl adjacent to an activating group) is 1. The number of phenolic OH excluding ortho intramolecular Hbond substituents is 1. The Morgan fingerprint density at radius 1 is 1.28 bits per heavy atom. The summed E-state index contributed by atoms with van der Waals surface area (Å²) in [6.07, 6.45) is 1.84. The fraction of sp³-hybridized carbons (Fsp3) is 0.391. The van der Waals surface area contributed by atoms with E-state index in [0.717, 1.165) is 51.6 Å². The predicted octanol–water partition coefficient (Wildman–Crippen LogP) is 3.55. The second-order valence-electron chi connectivity index (χ2n) is 9.15. The fourth-order valence-electron chi connectivity index (χ4n) is 6.88. The van der Waals surface area contributed by atoms with Crippen LogP contribution in [0.25, 0.3) is 10.9 Å². The van der Waals surface area contributed by atoms with Gasteiger partial charge in [-0.3, -0.25) is 0 Å². The monoisotopic (exact) mass is 452 g/mol. The van der Waals surface area contributed by atoms with Crippen LogP contribution in [0.1, 0.15) is 34.9 Å². The Balaban J connectivity index is 1.61. The molecule has 0 amide bonds. The maximum atomic E-state index is 12.4. The Kier molecular flexibility index (Phi) is 2.88. The minimum Gasteiger partial charge on any atom is -0.504 e. The van der Waals surface area contributed by atoms with Crippen molar-refractivity contribution in [1.29, 1.82) is 0 Å². The molecule has 1 saturated heterocycles. The lowest BCUT2D eigenvalue weighted by atomic mass is 9.49. The Hall–Kier alpha value is -2.02. The molecule has 2 aliphatic carbocycles. The van der Waals surface area contributed by atoms with Gasteiger partial charge in [0.2, 0.25) is 0 Å². The van der Waals surface area contributed by atoms with Crippen LogP contribution in [0.15, 0.2) is 34.8 Å². The second kappa shape index (κ2) is 4.99. The summed E-state index contributed by atoms with van der Waals surface area (Å²) in [4.78, 5) is 5.93. The van der Waals surface area contributed by atoms with Gasteiger partial charge < -0.3 is 24.8 Å². The molecule has 5 nitrogen and oxygen atoms in total. The lowest BCUT2D eigenvalue weighted by molar-refractivity contribution is -0.167. The number of aromatic amines is 1. The lowest BCUT2D eigenvalue weighted by Gasteiger charge is -2.62. The van der Waals surface area contributed by atoms with Crippen LogP contribution in [-0.4, -0.2) is 45.3 Å². The number of aromatic nitrogens is 1. The maximum Gasteiger partial charge on any atom is 0.166 e. The molecule has 29 heavy (non-hydrogen) atoms. The van der Waals surface area contributed by atoms with Gasteiger partial charge in [0.15, 0.2) is 17.6 Å². The predicted molar refractivity (Wildman–Crippen MR) is 113 cm³/mol. The molecule has 2 aliphatic heterocycles. The largest absolute Gasteiger partial charge is 0.504 e. The Morgan fingerprint density at radius 3 is 3.00 bits per heavy atom. The molecule has 1 spiro atoms. The molecule has 3 aromatic rings. The van der Waals surface area contributed by atoms with E-state index in [1.54, 1.807) is 6.07 Å². The number of aliphatic hydroxyl groups is 1. The van der Waals surface area contributed by atoms with Crippen molar-refractivity contribution in [2.75, 3.05) is 13.6 Å². The molecule has 4 atom stereocenters. The average Bonchev–Trinajstić information content (AvgIpc) is 3.23. The molecule has 1 fully saturated rings. The Bertz CT molecular complexity index is 1240. The molecule has 2 bridgehead atoms. The minimum absolute atomic E-state index is 0.0237. The second-order valence-corrected chi connectivity index (χ2v) is 10.0. The topological polar surface area (TPSA) is 68.7 Å². The first-order valence-corrected chi connectivity index (χ1v) is 11.0. The molecule has 4 aliphatic rings. The van der Waals surface area contributed by atoms with Gasteiger partial charge in [-0.05, 0) is 65.6 Å². The van der Waals surface area contributed by atoms with Gasteiger partial charge in [0.05, 0.1) is 22.2 Å². The van der Waals surface area contributed by atoms with E-state index < -0.39 is 11.0 Å². The number of H-pyrrole nitrogens is 1. The van der Waals surface area contributed by atoms with Crippen LogP contribution in [0.4, 0.5) is 0 Å². The highest BCUT2D eigenvalue weighted by atomic mass is 79.9. The summed E-state index contributed by atoms with van der Waals surface area (Å²) >= 11 is 3.67. The number of fused-ring (bicyclic) bond motifs is 4. The third kappa shape index (κ3) is 1.66. The molecular formula is C23H21BrN2O3. The van der Waals surface area contributed by atoms with E-state index in [-0.39, 0.29) is 17.9 Å². The molecule has 7 rings (SSSR count). The third-order valence-corrected chi connectivity index (χ3v) is 8.77. The molecule has 0 saturated carbocycles. The van der Waals surface area contributed by atoms with E-state index in [2.05, 4.69) is 38.9 Å². The highest BCUT2D eigenvalue weighted by Gasteiger charge is 2.72. The van der Waals surface area contributed by atoms with Crippen molar-refractivity contribution in [2.45, 2.75) is 42.4 Å². The van der Waals surface area contributed by atoms with Crippen molar-refractivity contribution in [3.05, 3.63) is 57.2 Å². The number of piperidine rings is 1. The minimum atomic E-state index is -0.943. The van der Waals surface area contributed by atoms with Crippen LogP contribution in [0.3, 0.4) is 0 Å². The maximum absolute atomic E-state index is 12.4. The van der Waals surface area contributed by atoms with E-state index in [1.165, 1.54) is 5.56 Å². The summed E-state index contributed by atoms with van der Waals surface area (Å²) in [5, 5.41) is 24.2. The Morgan fingerprint density at radius 2 is 2.14 bits per heavy atom. The fourth-order valence-corrected chi connectivity index (χ4v) is 7.35. The van der Waals surface area contributed by atoms with Gasteiger partial charge in [0.25, 0.3) is 0 Å². The Labute approximate surface area is 176 Å². The van der Waals surface area contributed by atoms with Crippen LogP contribution >= 0.6 is 15.9 Å². The number of para-hydroxylation sites is 1. The van der Waals surface area contributed by atoms with Crippen LogP contribution in [0.2, 0.25) is 0 Å². The lowest BCUT2D eigenvalue weighted by Crippen LogP contribution is -2.73. The van der Waals surface area contributed by atoms with Crippen molar-refractivity contribution >= 4 is 26.8 Å². The van der Waals surface area contributed by atoms with Crippen molar-refractivity contribution in [1.82, 2.24) is 9.88 Å². The van der Waals surface area contributed by atoms with Crippen LogP contribution in [-0.2, 0) is 18.3 Å². The number of hydrogen-bond acceptors (Lipinski definition) is 4. The smallest absolute Gasteiger partial charge is 0.166 e. The number of nitrogens with one attached hydrogen (secondary N) is 1. The number of likely N-dealkylation sites (tertiary alicyclic amines) is 1. The molecule has 3 N–H and O–H groups in total. The van der Waals surface area contributed by atoms with Crippen LogP contribution in [0.5, 0.6) is 11.5 Å². The van der Waals surface area contributed by atoms with Crippen LogP contribution in [0, 0.1) is 0 Å². The number of phenols is 1. The number of aromatic hydroxyl groups is 1. The van der Waals surface area contributed by atoms with Gasteiger partial charge in [-0.25, -0.2) is 0 Å². The van der Waals surface area contributed by atoms with E-state index in [4.69, 9.17) is 4.74 Å². The highest BCUT2D eigenvalue weighted by molar-refractivity contribution is 9.10. The van der Waals surface area contributed by atoms with Gasteiger partial charge in [0.1, 0.15) is 0 Å². The first-order chi connectivity index (χ1) is 14.0. The first-order valence-electron chi connectivity index (χ1n) is 10.2. The molecule has 2 aromatic carbocycles. The summed E-state index contributed by atoms with van der Waals surface area (Å²) < 4.78 is 7.54. The van der Waals surface area contributed by atoms with Crippen molar-refractivity contribution in [3.8, 4) is 11.5 Å². The molecule has 3 heterocycles. The van der Waals surface area contributed by atoms with E-state index in [0.29, 0.717) is 12.2 Å². The summed E-state index contributed by atoms with van der Waals surface area (Å²) in [6.45, 7) is 0.903. The zero-order chi connectivity index (χ0) is 19.7. The SMILES string of the molecule is CN1CCC23c4c5ccc(O)c4OC2c2[nH]c4c(Br)cccc4c2CC3(O)C1C5. The van der Waals surface area contributed by atoms with Gasteiger partial charge in [-0.1, -0.05) is 18.2 Å². The number of halogens is 1. The number of hydrogen-bond donors (Lipinski definition) is 3. The van der Waals surface area contributed by atoms with Gasteiger partial charge in [-0.15, -0.1) is 0 Å². The number of nitrogens with zero attached hydrogens (tertiary/aromatic N) is 1. The summed E-state index contributed by atoms with van der Waals surface area (Å²) in [5.74, 6) is 0.741.